The van der Waals surface area contributed by atoms with Crippen molar-refractivity contribution >= 4 is 21.6 Å². The largest absolute Gasteiger partial charge is 0.490 e. The summed E-state index contributed by atoms with van der Waals surface area (Å²) in [6, 6.07) is 10.7. The highest BCUT2D eigenvalue weighted by Gasteiger charge is 2.31. The SMILES string of the molecule is CN(C)CCCOc1cnc(-c2cccc(Cn3c(=O)sc4ccc(C(F)(F)F)cc43)c2)nc1. The van der Waals surface area contributed by atoms with E-state index in [0.29, 0.717) is 22.9 Å². The van der Waals surface area contributed by atoms with Gasteiger partial charge in [-0.25, -0.2) is 9.97 Å². The number of hydrogen-bond donors (Lipinski definition) is 0. The summed E-state index contributed by atoms with van der Waals surface area (Å²) in [5, 5.41) is 0. The van der Waals surface area contributed by atoms with Crippen LogP contribution in [-0.4, -0.2) is 46.7 Å². The third-order valence-electron chi connectivity index (χ3n) is 5.17. The molecule has 4 rings (SSSR count). The molecular weight excluding hydrogens is 465 g/mol. The van der Waals surface area contributed by atoms with E-state index in [-0.39, 0.29) is 16.9 Å². The number of rotatable bonds is 8. The molecule has 0 aliphatic rings. The molecule has 6 nitrogen and oxygen atoms in total. The molecule has 2 aromatic carbocycles. The summed E-state index contributed by atoms with van der Waals surface area (Å²) < 4.78 is 47.0. The number of alkyl halides is 3. The second-order valence-corrected chi connectivity index (χ2v) is 9.08. The van der Waals surface area contributed by atoms with E-state index in [1.165, 1.54) is 10.6 Å². The van der Waals surface area contributed by atoms with Crippen LogP contribution in [0.4, 0.5) is 13.2 Å². The van der Waals surface area contributed by atoms with Crippen molar-refractivity contribution in [3.8, 4) is 17.1 Å². The first kappa shape index (κ1) is 23.9. The van der Waals surface area contributed by atoms with Gasteiger partial charge in [-0.2, -0.15) is 13.2 Å². The van der Waals surface area contributed by atoms with Gasteiger partial charge in [-0.05, 0) is 50.3 Å². The standard InChI is InChI=1S/C24H23F3N4O2S/c1-30(2)9-4-10-33-19-13-28-22(29-14-19)17-6-3-5-16(11-17)15-31-20-12-18(24(25,26)27)7-8-21(20)34-23(31)32/h3,5-8,11-14H,4,9-10,15H2,1-2H3. The summed E-state index contributed by atoms with van der Waals surface area (Å²) in [6.45, 7) is 1.63. The van der Waals surface area contributed by atoms with Gasteiger partial charge in [0.25, 0.3) is 0 Å². The van der Waals surface area contributed by atoms with Crippen LogP contribution in [-0.2, 0) is 12.7 Å². The highest BCUT2D eigenvalue weighted by Crippen LogP contribution is 2.32. The minimum absolute atomic E-state index is 0.140. The minimum atomic E-state index is -4.48. The molecule has 0 saturated carbocycles. The Kier molecular flexibility index (Phi) is 6.99. The summed E-state index contributed by atoms with van der Waals surface area (Å²) in [4.78, 5) is 23.0. The smallest absolute Gasteiger partial charge is 0.416 e. The lowest BCUT2D eigenvalue weighted by Crippen LogP contribution is -2.15. The van der Waals surface area contributed by atoms with E-state index in [9.17, 15) is 18.0 Å². The Morgan fingerprint density at radius 3 is 2.56 bits per heavy atom. The molecule has 0 aliphatic carbocycles. The molecule has 10 heteroatoms. The van der Waals surface area contributed by atoms with Crippen LogP contribution in [0.1, 0.15) is 17.5 Å². The molecule has 34 heavy (non-hydrogen) atoms. The maximum atomic E-state index is 13.2. The Bertz CT molecular complexity index is 1330. The molecule has 0 unspecified atom stereocenters. The second-order valence-electron chi connectivity index (χ2n) is 8.08. The lowest BCUT2D eigenvalue weighted by molar-refractivity contribution is -0.137. The van der Waals surface area contributed by atoms with Crippen molar-refractivity contribution in [3.05, 3.63) is 75.7 Å². The monoisotopic (exact) mass is 488 g/mol. The molecule has 0 fully saturated rings. The van der Waals surface area contributed by atoms with E-state index in [4.69, 9.17) is 4.74 Å². The van der Waals surface area contributed by atoms with Gasteiger partial charge in [-0.15, -0.1) is 0 Å². The van der Waals surface area contributed by atoms with Crippen molar-refractivity contribution in [2.45, 2.75) is 19.1 Å². The van der Waals surface area contributed by atoms with Crippen molar-refractivity contribution in [2.24, 2.45) is 0 Å². The normalized spacial score (nSPS) is 11.9. The van der Waals surface area contributed by atoms with Gasteiger partial charge >= 0.3 is 11.0 Å². The van der Waals surface area contributed by atoms with Gasteiger partial charge in [0.15, 0.2) is 11.6 Å². The molecule has 0 radical (unpaired) electrons. The number of halogens is 3. The molecule has 0 N–H and O–H groups in total. The number of benzene rings is 2. The molecule has 0 spiro atoms. The van der Waals surface area contributed by atoms with Crippen LogP contribution in [0, 0.1) is 0 Å². The molecule has 0 saturated heterocycles. The van der Waals surface area contributed by atoms with Gasteiger partial charge in [0, 0.05) is 12.1 Å². The molecule has 0 aliphatic heterocycles. The van der Waals surface area contributed by atoms with E-state index >= 15 is 0 Å². The molecule has 0 bridgehead atoms. The van der Waals surface area contributed by atoms with Crippen LogP contribution >= 0.6 is 11.3 Å². The quantitative estimate of drug-likeness (QED) is 0.330. The van der Waals surface area contributed by atoms with Crippen LogP contribution < -0.4 is 9.61 Å². The Morgan fingerprint density at radius 2 is 1.85 bits per heavy atom. The Labute approximate surface area is 198 Å². The van der Waals surface area contributed by atoms with Crippen LogP contribution in [0.5, 0.6) is 5.75 Å². The summed E-state index contributed by atoms with van der Waals surface area (Å²) in [5.74, 6) is 1.07. The second kappa shape index (κ2) is 9.94. The van der Waals surface area contributed by atoms with Gasteiger partial charge < -0.3 is 9.64 Å². The average molecular weight is 489 g/mol. The minimum Gasteiger partial charge on any atom is -0.490 e. The number of nitrogens with zero attached hydrogens (tertiary/aromatic N) is 4. The summed E-state index contributed by atoms with van der Waals surface area (Å²) in [6.07, 6.45) is -0.366. The first-order chi connectivity index (χ1) is 16.2. The number of aromatic nitrogens is 3. The average Bonchev–Trinajstić information content (AvgIpc) is 3.11. The predicted molar refractivity (Wildman–Crippen MR) is 126 cm³/mol. The fourth-order valence-corrected chi connectivity index (χ4v) is 4.36. The highest BCUT2D eigenvalue weighted by molar-refractivity contribution is 7.16. The summed E-state index contributed by atoms with van der Waals surface area (Å²) in [7, 11) is 4.01. The molecule has 178 valence electrons. The van der Waals surface area contributed by atoms with E-state index < -0.39 is 11.7 Å². The fraction of sp³-hybridized carbons (Fsp3) is 0.292. The molecule has 0 amide bonds. The molecular formula is C24H23F3N4O2S. The van der Waals surface area contributed by atoms with E-state index in [0.717, 1.165) is 47.6 Å². The van der Waals surface area contributed by atoms with Gasteiger partial charge in [0.05, 0.1) is 41.3 Å². The maximum absolute atomic E-state index is 13.2. The van der Waals surface area contributed by atoms with Gasteiger partial charge in [0.1, 0.15) is 0 Å². The van der Waals surface area contributed by atoms with E-state index in [1.54, 1.807) is 18.5 Å². The summed E-state index contributed by atoms with van der Waals surface area (Å²) in [5.41, 5.74) is 0.976. The molecule has 4 aromatic rings. The predicted octanol–water partition coefficient (Wildman–Crippen LogP) is 4.92. The zero-order chi connectivity index (χ0) is 24.3. The van der Waals surface area contributed by atoms with Gasteiger partial charge in [-0.1, -0.05) is 29.5 Å². The van der Waals surface area contributed by atoms with Crippen LogP contribution in [0.25, 0.3) is 21.6 Å². The molecule has 0 atom stereocenters. The molecule has 2 heterocycles. The zero-order valence-electron chi connectivity index (χ0n) is 18.7. The highest BCUT2D eigenvalue weighted by atomic mass is 32.1. The number of hydrogen-bond acceptors (Lipinski definition) is 6. The Morgan fingerprint density at radius 1 is 1.09 bits per heavy atom. The first-order valence-corrected chi connectivity index (χ1v) is 11.4. The third kappa shape index (κ3) is 5.63. The number of thiazole rings is 1. The van der Waals surface area contributed by atoms with E-state index in [2.05, 4.69) is 14.9 Å². The Balaban J connectivity index is 1.53. The lowest BCUT2D eigenvalue weighted by Gasteiger charge is -2.10. The maximum Gasteiger partial charge on any atom is 0.416 e. The van der Waals surface area contributed by atoms with Crippen molar-refractivity contribution in [2.75, 3.05) is 27.2 Å². The van der Waals surface area contributed by atoms with Crippen LogP contribution in [0.15, 0.2) is 59.7 Å². The van der Waals surface area contributed by atoms with Gasteiger partial charge in [-0.3, -0.25) is 9.36 Å². The number of ether oxygens (including phenoxy) is 1. The lowest BCUT2D eigenvalue weighted by atomic mass is 10.1. The summed E-state index contributed by atoms with van der Waals surface area (Å²) >= 11 is 0.928. The van der Waals surface area contributed by atoms with Crippen molar-refractivity contribution in [3.63, 3.8) is 0 Å². The van der Waals surface area contributed by atoms with Gasteiger partial charge in [0.2, 0.25) is 0 Å². The van der Waals surface area contributed by atoms with Crippen LogP contribution in [0.3, 0.4) is 0 Å². The fourth-order valence-electron chi connectivity index (χ4n) is 3.49. The third-order valence-corrected chi connectivity index (χ3v) is 6.13. The van der Waals surface area contributed by atoms with Crippen LogP contribution in [0.2, 0.25) is 0 Å². The topological polar surface area (TPSA) is 60.2 Å². The number of fused-ring (bicyclic) bond motifs is 1. The van der Waals surface area contributed by atoms with Crippen molar-refractivity contribution < 1.29 is 17.9 Å². The van der Waals surface area contributed by atoms with E-state index in [1.807, 2.05) is 32.3 Å². The first-order valence-electron chi connectivity index (χ1n) is 10.6. The van der Waals surface area contributed by atoms with Crippen molar-refractivity contribution in [1.82, 2.24) is 19.4 Å². The Hall–Kier alpha value is -3.24. The molecule has 2 aromatic heterocycles. The zero-order valence-corrected chi connectivity index (χ0v) is 19.5. The van der Waals surface area contributed by atoms with Crippen molar-refractivity contribution in [1.29, 1.82) is 0 Å².